The minimum absolute atomic E-state index is 0.0354. The van der Waals surface area contributed by atoms with Crippen LogP contribution in [0.4, 0.5) is 0 Å². The molecule has 5 nitrogen and oxygen atoms in total. The fourth-order valence-electron chi connectivity index (χ4n) is 2.92. The molecule has 1 heterocycles. The molecule has 2 aromatic rings. The number of benzene rings is 1. The van der Waals surface area contributed by atoms with Gasteiger partial charge in [0.05, 0.1) is 16.6 Å². The molecule has 0 spiro atoms. The van der Waals surface area contributed by atoms with Crippen molar-refractivity contribution in [2.24, 2.45) is 5.92 Å². The van der Waals surface area contributed by atoms with Crippen LogP contribution in [0.5, 0.6) is 0 Å². The van der Waals surface area contributed by atoms with Gasteiger partial charge in [0.15, 0.2) is 0 Å². The highest BCUT2D eigenvalue weighted by atomic mass is 16.4. The Morgan fingerprint density at radius 1 is 1.35 bits per heavy atom. The van der Waals surface area contributed by atoms with Crippen molar-refractivity contribution >= 4 is 17.0 Å². The van der Waals surface area contributed by atoms with Crippen molar-refractivity contribution in [3.8, 4) is 0 Å². The molecule has 0 amide bonds. The number of carboxylic acids is 1. The molecule has 0 saturated heterocycles. The zero-order valence-electron chi connectivity index (χ0n) is 12.0. The maximum Gasteiger partial charge on any atom is 0.337 e. The van der Waals surface area contributed by atoms with Gasteiger partial charge < -0.3 is 10.1 Å². The summed E-state index contributed by atoms with van der Waals surface area (Å²) in [5.74, 6) is -0.673. The molecule has 0 aliphatic rings. The number of aromatic amines is 1. The molecule has 0 saturated carbocycles. The zero-order chi connectivity index (χ0) is 14.9. The second-order valence-electron chi connectivity index (χ2n) is 5.12. The number of H-pyrrole nitrogens is 1. The first-order valence-electron chi connectivity index (χ1n) is 6.97. The Morgan fingerprint density at radius 2 is 2.00 bits per heavy atom. The van der Waals surface area contributed by atoms with Crippen LogP contribution in [0.2, 0.25) is 0 Å². The number of aromatic nitrogens is 2. The van der Waals surface area contributed by atoms with Gasteiger partial charge in [0.1, 0.15) is 0 Å². The highest BCUT2D eigenvalue weighted by Gasteiger charge is 2.22. The van der Waals surface area contributed by atoms with E-state index in [4.69, 9.17) is 0 Å². The first kappa shape index (κ1) is 14.4. The third-order valence-corrected chi connectivity index (χ3v) is 4.11. The Balaban J connectivity index is 2.72. The summed E-state index contributed by atoms with van der Waals surface area (Å²) in [6.07, 6.45) is 1.90. The largest absolute Gasteiger partial charge is 0.478 e. The first-order chi connectivity index (χ1) is 9.51. The summed E-state index contributed by atoms with van der Waals surface area (Å²) in [6.45, 7) is 6.15. The third kappa shape index (κ3) is 2.24. The molecule has 5 heteroatoms. The van der Waals surface area contributed by atoms with Crippen molar-refractivity contribution in [2.45, 2.75) is 39.7 Å². The topological polar surface area (TPSA) is 75.1 Å². The van der Waals surface area contributed by atoms with Crippen molar-refractivity contribution in [1.29, 1.82) is 0 Å². The van der Waals surface area contributed by atoms with Crippen LogP contribution in [0, 0.1) is 5.92 Å². The summed E-state index contributed by atoms with van der Waals surface area (Å²) >= 11 is 0. The summed E-state index contributed by atoms with van der Waals surface area (Å²) in [6, 6.07) is 4.88. The summed E-state index contributed by atoms with van der Waals surface area (Å²) < 4.78 is 1.59. The SMILES string of the molecule is CCC(CC)C(C)n1c(=O)[nH]c2cccc(C(=O)O)c21. The minimum atomic E-state index is -1.01. The molecule has 108 valence electrons. The molecule has 2 rings (SSSR count). The molecule has 0 aliphatic carbocycles. The molecule has 20 heavy (non-hydrogen) atoms. The predicted octanol–water partition coefficient (Wildman–Crippen LogP) is 3.03. The van der Waals surface area contributed by atoms with E-state index in [1.165, 1.54) is 6.07 Å². The van der Waals surface area contributed by atoms with Crippen LogP contribution in [0.1, 0.15) is 50.0 Å². The van der Waals surface area contributed by atoms with E-state index in [-0.39, 0.29) is 17.3 Å². The minimum Gasteiger partial charge on any atom is -0.478 e. The quantitative estimate of drug-likeness (QED) is 0.881. The van der Waals surface area contributed by atoms with E-state index in [1.807, 2.05) is 6.92 Å². The lowest BCUT2D eigenvalue weighted by Gasteiger charge is -2.23. The summed E-state index contributed by atoms with van der Waals surface area (Å²) in [7, 11) is 0. The molecule has 1 aromatic carbocycles. The number of nitrogens with zero attached hydrogens (tertiary/aromatic N) is 1. The van der Waals surface area contributed by atoms with Crippen molar-refractivity contribution < 1.29 is 9.90 Å². The van der Waals surface area contributed by atoms with Gasteiger partial charge >= 0.3 is 11.7 Å². The number of para-hydroxylation sites is 1. The number of rotatable bonds is 5. The number of fused-ring (bicyclic) bond motifs is 1. The number of aromatic carboxylic acids is 1. The van der Waals surface area contributed by atoms with E-state index in [0.29, 0.717) is 17.0 Å². The van der Waals surface area contributed by atoms with Gasteiger partial charge in [0.2, 0.25) is 0 Å². The zero-order valence-corrected chi connectivity index (χ0v) is 12.0. The molecule has 1 aromatic heterocycles. The van der Waals surface area contributed by atoms with E-state index in [9.17, 15) is 14.7 Å². The molecule has 0 bridgehead atoms. The van der Waals surface area contributed by atoms with Crippen LogP contribution >= 0.6 is 0 Å². The van der Waals surface area contributed by atoms with Gasteiger partial charge in [-0.2, -0.15) is 0 Å². The Hall–Kier alpha value is -2.04. The molecule has 1 unspecified atom stereocenters. The molecule has 0 aliphatic heterocycles. The lowest BCUT2D eigenvalue weighted by Crippen LogP contribution is -2.26. The first-order valence-corrected chi connectivity index (χ1v) is 6.97. The maximum atomic E-state index is 12.2. The highest BCUT2D eigenvalue weighted by Crippen LogP contribution is 2.27. The number of carbonyl (C=O) groups is 1. The summed E-state index contributed by atoms with van der Waals surface area (Å²) in [4.78, 5) is 26.3. The van der Waals surface area contributed by atoms with Crippen molar-refractivity contribution in [1.82, 2.24) is 9.55 Å². The molecule has 1 atom stereocenters. The Bertz CT molecular complexity index is 680. The number of nitrogens with one attached hydrogen (secondary N) is 1. The van der Waals surface area contributed by atoms with Gasteiger partial charge in [-0.05, 0) is 25.0 Å². The second-order valence-corrected chi connectivity index (χ2v) is 5.12. The van der Waals surface area contributed by atoms with Gasteiger partial charge in [0.25, 0.3) is 0 Å². The standard InChI is InChI=1S/C15H20N2O3/c1-4-10(5-2)9(3)17-13-11(14(18)19)7-6-8-12(13)16-15(17)20/h6-10H,4-5H2,1-3H3,(H,16,20)(H,18,19). The molecule has 2 N–H and O–H groups in total. The van der Waals surface area contributed by atoms with Gasteiger partial charge in [-0.3, -0.25) is 4.57 Å². The van der Waals surface area contributed by atoms with Crippen LogP contribution in [0.3, 0.4) is 0 Å². The average Bonchev–Trinajstić information content (AvgIpc) is 2.75. The molecular formula is C15H20N2O3. The van der Waals surface area contributed by atoms with Gasteiger partial charge in [-0.15, -0.1) is 0 Å². The van der Waals surface area contributed by atoms with Crippen LogP contribution < -0.4 is 5.69 Å². The van der Waals surface area contributed by atoms with Gasteiger partial charge in [-0.25, -0.2) is 9.59 Å². The number of hydrogen-bond acceptors (Lipinski definition) is 2. The van der Waals surface area contributed by atoms with E-state index in [2.05, 4.69) is 18.8 Å². The van der Waals surface area contributed by atoms with Crippen LogP contribution in [-0.4, -0.2) is 20.6 Å². The lowest BCUT2D eigenvalue weighted by atomic mass is 9.95. The summed E-state index contributed by atoms with van der Waals surface area (Å²) in [5, 5.41) is 9.32. The van der Waals surface area contributed by atoms with E-state index >= 15 is 0 Å². The van der Waals surface area contributed by atoms with Crippen molar-refractivity contribution in [2.75, 3.05) is 0 Å². The fourth-order valence-corrected chi connectivity index (χ4v) is 2.92. The second kappa shape index (κ2) is 5.53. The van der Waals surface area contributed by atoms with Crippen molar-refractivity contribution in [3.05, 3.63) is 34.2 Å². The smallest absolute Gasteiger partial charge is 0.337 e. The Kier molecular flexibility index (Phi) is 3.97. The van der Waals surface area contributed by atoms with Crippen LogP contribution in [0.15, 0.2) is 23.0 Å². The average molecular weight is 276 g/mol. The maximum absolute atomic E-state index is 12.2. The van der Waals surface area contributed by atoms with Gasteiger partial charge in [0, 0.05) is 6.04 Å². The molecule has 0 radical (unpaired) electrons. The number of carboxylic acid groups (broad SMARTS) is 1. The van der Waals surface area contributed by atoms with Crippen LogP contribution in [-0.2, 0) is 0 Å². The van der Waals surface area contributed by atoms with E-state index in [0.717, 1.165) is 12.8 Å². The molecule has 0 fully saturated rings. The normalized spacial score (nSPS) is 13.0. The number of hydrogen-bond donors (Lipinski definition) is 2. The lowest BCUT2D eigenvalue weighted by molar-refractivity contribution is 0.0698. The van der Waals surface area contributed by atoms with E-state index < -0.39 is 5.97 Å². The third-order valence-electron chi connectivity index (χ3n) is 4.11. The molecular weight excluding hydrogens is 256 g/mol. The Labute approximate surface area is 117 Å². The highest BCUT2D eigenvalue weighted by molar-refractivity contribution is 6.01. The van der Waals surface area contributed by atoms with Crippen LogP contribution in [0.25, 0.3) is 11.0 Å². The monoisotopic (exact) mass is 276 g/mol. The predicted molar refractivity (Wildman–Crippen MR) is 78.3 cm³/mol. The Morgan fingerprint density at radius 3 is 2.55 bits per heavy atom. The summed E-state index contributed by atoms with van der Waals surface area (Å²) in [5.41, 5.74) is 0.990. The van der Waals surface area contributed by atoms with Gasteiger partial charge in [-0.1, -0.05) is 32.8 Å². The number of imidazole rings is 1. The van der Waals surface area contributed by atoms with Crippen molar-refractivity contribution in [3.63, 3.8) is 0 Å². The van der Waals surface area contributed by atoms with E-state index in [1.54, 1.807) is 16.7 Å². The fraction of sp³-hybridized carbons (Fsp3) is 0.467.